The zero-order valence-electron chi connectivity index (χ0n) is 18.0. The van der Waals surface area contributed by atoms with E-state index in [2.05, 4.69) is 23.5 Å². The van der Waals surface area contributed by atoms with Crippen molar-refractivity contribution in [2.75, 3.05) is 13.7 Å². The van der Waals surface area contributed by atoms with Crippen LogP contribution in [0.2, 0.25) is 0 Å². The predicted octanol–water partition coefficient (Wildman–Crippen LogP) is 3.48. The Morgan fingerprint density at radius 1 is 1.31 bits per heavy atom. The Morgan fingerprint density at radius 3 is 2.28 bits per heavy atom. The van der Waals surface area contributed by atoms with Crippen LogP contribution in [0.3, 0.4) is 0 Å². The number of carbonyl (C=O) groups is 1. The Balaban J connectivity index is -0.000000629. The van der Waals surface area contributed by atoms with E-state index in [4.69, 9.17) is 15.0 Å². The number of nitrogens with one attached hydrogen (secondary N) is 1. The Kier molecular flexibility index (Phi) is 21.5. The highest BCUT2D eigenvalue weighted by atomic mass is 32.2. The topological polar surface area (TPSA) is 131 Å². The van der Waals surface area contributed by atoms with Crippen LogP contribution < -0.4 is 10.5 Å². The fourth-order valence-corrected chi connectivity index (χ4v) is 2.23. The van der Waals surface area contributed by atoms with Gasteiger partial charge in [0.15, 0.2) is 5.76 Å². The molecule has 29 heavy (non-hydrogen) atoms. The molecule has 0 fully saturated rings. The second-order valence-corrected chi connectivity index (χ2v) is 6.41. The van der Waals surface area contributed by atoms with Crippen molar-refractivity contribution in [3.05, 3.63) is 60.0 Å². The highest BCUT2D eigenvalue weighted by molar-refractivity contribution is 7.93. The lowest BCUT2D eigenvalue weighted by atomic mass is 10.3. The van der Waals surface area contributed by atoms with Crippen molar-refractivity contribution >= 4 is 22.2 Å². The minimum absolute atomic E-state index is 0.110. The highest BCUT2D eigenvalue weighted by Crippen LogP contribution is 2.17. The Labute approximate surface area is 175 Å². The number of carboxylic acid groups (broad SMARTS) is 1. The van der Waals surface area contributed by atoms with Crippen molar-refractivity contribution in [3.8, 4) is 0 Å². The number of unbranched alkanes of at least 4 members (excludes halogenated alkanes) is 1. The van der Waals surface area contributed by atoms with Gasteiger partial charge in [0, 0.05) is 25.0 Å². The van der Waals surface area contributed by atoms with E-state index >= 15 is 0 Å². The van der Waals surface area contributed by atoms with Crippen molar-refractivity contribution in [1.29, 1.82) is 0 Å². The van der Waals surface area contributed by atoms with Gasteiger partial charge in [0.1, 0.15) is 4.91 Å². The van der Waals surface area contributed by atoms with Crippen LogP contribution in [0.4, 0.5) is 0 Å². The number of aliphatic carboxylic acids is 1. The molecule has 0 rings (SSSR count). The van der Waals surface area contributed by atoms with Crippen LogP contribution in [0.15, 0.2) is 65.0 Å². The largest absolute Gasteiger partial charge is 0.493 e. The lowest BCUT2D eigenvalue weighted by Gasteiger charge is -2.14. The number of aliphatic imine (C=N–C) groups is 1. The van der Waals surface area contributed by atoms with Gasteiger partial charge in [0.25, 0.3) is 0 Å². The maximum Gasteiger partial charge on any atom is 0.328 e. The molecule has 0 aromatic carbocycles. The van der Waals surface area contributed by atoms with Crippen molar-refractivity contribution in [2.45, 2.75) is 40.5 Å². The van der Waals surface area contributed by atoms with Crippen molar-refractivity contribution in [2.24, 2.45) is 10.1 Å². The van der Waals surface area contributed by atoms with Crippen LogP contribution in [0.5, 0.6) is 0 Å². The van der Waals surface area contributed by atoms with Crippen molar-refractivity contribution < 1.29 is 23.1 Å². The number of nitrogens with two attached hydrogens (primary N) is 1. The second kappa shape index (κ2) is 20.1. The lowest BCUT2D eigenvalue weighted by molar-refractivity contribution is -0.131. The van der Waals surface area contributed by atoms with Gasteiger partial charge < -0.3 is 15.2 Å². The molecule has 0 heterocycles. The smallest absolute Gasteiger partial charge is 0.328 e. The van der Waals surface area contributed by atoms with E-state index in [0.717, 1.165) is 18.9 Å². The average molecular weight is 430 g/mol. The number of primary sulfonamides is 1. The fraction of sp³-hybridized carbons (Fsp3) is 0.400. The summed E-state index contributed by atoms with van der Waals surface area (Å²) in [5.41, 5.74) is 0.222. The fourth-order valence-electron chi connectivity index (χ4n) is 1.51. The van der Waals surface area contributed by atoms with E-state index in [-0.39, 0.29) is 11.5 Å². The van der Waals surface area contributed by atoms with E-state index < -0.39 is 20.9 Å². The molecule has 0 aromatic heterocycles. The third-order valence-corrected chi connectivity index (χ3v) is 3.66. The SMILES string of the molecule is C=C(NCCCC)/C(OC)=C(\C=C\C(=O)O)S(N)(=O)=O.C=CN=C/C=C\C.CC. The first-order valence-corrected chi connectivity index (χ1v) is 10.6. The molecule has 8 nitrogen and oxygen atoms in total. The quantitative estimate of drug-likeness (QED) is 0.151. The van der Waals surface area contributed by atoms with E-state index in [9.17, 15) is 13.2 Å². The Morgan fingerprint density at radius 2 is 1.90 bits per heavy atom. The summed E-state index contributed by atoms with van der Waals surface area (Å²) in [6.07, 6.45) is 10.3. The summed E-state index contributed by atoms with van der Waals surface area (Å²) in [5, 5.41) is 16.5. The standard InChI is InChI=1S/C12H20N2O5S.C6H9N.C2H6/c1-4-5-8-14-9(2)12(19-3)10(20(13,17)18)6-7-11(15)16;1-3-5-6-7-4-2;1-2/h6-7,14H,2,4-5,8H2,1,3H3,(H,15,16)(H2,13,17,18);3-6H,2H2,1H3;1-2H3/b7-6+,12-10-;5-3-,7-6?;. The van der Waals surface area contributed by atoms with Gasteiger partial charge in [-0.2, -0.15) is 0 Å². The summed E-state index contributed by atoms with van der Waals surface area (Å²) >= 11 is 0. The van der Waals surface area contributed by atoms with Gasteiger partial charge in [-0.1, -0.05) is 46.4 Å². The molecule has 166 valence electrons. The van der Waals surface area contributed by atoms with Crippen LogP contribution in [-0.4, -0.2) is 39.4 Å². The third kappa shape index (κ3) is 18.5. The Hall–Kier alpha value is -2.65. The molecule has 0 aliphatic rings. The van der Waals surface area contributed by atoms with Gasteiger partial charge in [-0.3, -0.25) is 4.99 Å². The first-order chi connectivity index (χ1) is 13.6. The normalized spacial score (nSPS) is 11.8. The summed E-state index contributed by atoms with van der Waals surface area (Å²) in [7, 11) is -2.89. The summed E-state index contributed by atoms with van der Waals surface area (Å²) < 4.78 is 28.0. The number of hydrogen-bond acceptors (Lipinski definition) is 6. The number of nitrogens with zero attached hydrogens (tertiary/aromatic N) is 1. The van der Waals surface area contributed by atoms with E-state index in [0.29, 0.717) is 12.6 Å². The van der Waals surface area contributed by atoms with E-state index in [1.807, 2.05) is 39.8 Å². The molecule has 0 aliphatic carbocycles. The number of rotatable bonds is 11. The number of carboxylic acids is 1. The van der Waals surface area contributed by atoms with Gasteiger partial charge in [0.2, 0.25) is 10.0 Å². The third-order valence-electron chi connectivity index (χ3n) is 2.72. The number of ether oxygens (including phenoxy) is 1. The molecule has 0 aromatic rings. The molecule has 0 unspecified atom stereocenters. The molecule has 0 spiro atoms. The molecule has 0 bridgehead atoms. The van der Waals surface area contributed by atoms with Crippen LogP contribution in [0, 0.1) is 0 Å². The van der Waals surface area contributed by atoms with E-state index in [1.165, 1.54) is 13.3 Å². The predicted molar refractivity (Wildman–Crippen MR) is 121 cm³/mol. The second-order valence-electron chi connectivity index (χ2n) is 4.88. The van der Waals surface area contributed by atoms with Crippen LogP contribution in [0.25, 0.3) is 0 Å². The summed E-state index contributed by atoms with van der Waals surface area (Å²) in [5.74, 6) is -1.41. The van der Waals surface area contributed by atoms with Crippen LogP contribution in [0.1, 0.15) is 40.5 Å². The molecule has 0 saturated carbocycles. The molecule has 0 aliphatic heterocycles. The number of methoxy groups -OCH3 is 1. The first kappa shape index (κ1) is 31.1. The molecule has 0 atom stereocenters. The summed E-state index contributed by atoms with van der Waals surface area (Å²) in [4.78, 5) is 13.8. The highest BCUT2D eigenvalue weighted by Gasteiger charge is 2.19. The molecule has 0 saturated heterocycles. The maximum absolute atomic E-state index is 11.5. The summed E-state index contributed by atoms with van der Waals surface area (Å²) in [6.45, 7) is 15.6. The maximum atomic E-state index is 11.5. The molecular formula is C20H35N3O5S. The molecule has 9 heteroatoms. The summed E-state index contributed by atoms with van der Waals surface area (Å²) in [6, 6.07) is 0. The monoisotopic (exact) mass is 429 g/mol. The minimum Gasteiger partial charge on any atom is -0.493 e. The van der Waals surface area contributed by atoms with Crippen LogP contribution >= 0.6 is 0 Å². The van der Waals surface area contributed by atoms with Gasteiger partial charge in [-0.25, -0.2) is 18.4 Å². The molecule has 0 amide bonds. The van der Waals surface area contributed by atoms with Crippen molar-refractivity contribution in [1.82, 2.24) is 5.32 Å². The average Bonchev–Trinajstić information content (AvgIpc) is 2.66. The number of sulfonamides is 1. The first-order valence-electron chi connectivity index (χ1n) is 9.06. The van der Waals surface area contributed by atoms with Gasteiger partial charge >= 0.3 is 5.97 Å². The molecular weight excluding hydrogens is 394 g/mol. The van der Waals surface area contributed by atoms with Gasteiger partial charge in [-0.05, 0) is 25.5 Å². The zero-order valence-corrected chi connectivity index (χ0v) is 18.8. The van der Waals surface area contributed by atoms with E-state index in [1.54, 1.807) is 6.21 Å². The number of allylic oxidation sites excluding steroid dienone is 3. The minimum atomic E-state index is -4.14. The van der Waals surface area contributed by atoms with Crippen molar-refractivity contribution in [3.63, 3.8) is 0 Å². The van der Waals surface area contributed by atoms with Crippen LogP contribution in [-0.2, 0) is 19.6 Å². The molecule has 0 radical (unpaired) electrons. The molecule has 4 N–H and O–H groups in total. The van der Waals surface area contributed by atoms with Gasteiger partial charge in [-0.15, -0.1) is 0 Å². The zero-order chi connectivity index (χ0) is 23.3. The van der Waals surface area contributed by atoms with Gasteiger partial charge in [0.05, 0.1) is 12.8 Å². The lowest BCUT2D eigenvalue weighted by Crippen LogP contribution is -2.21. The number of hydrogen-bond donors (Lipinski definition) is 3. The Bertz CT molecular complexity index is 706.